The molecule has 0 atom stereocenters. The minimum atomic E-state index is -0.125. The molecule has 7 heteroatoms. The van der Waals surface area contributed by atoms with Crippen molar-refractivity contribution >= 4 is 76.6 Å². The van der Waals surface area contributed by atoms with Crippen LogP contribution in [0.15, 0.2) is 90.8 Å². The number of aromatic nitrogens is 1. The van der Waals surface area contributed by atoms with E-state index in [0.717, 1.165) is 5.69 Å². The second-order valence-electron chi connectivity index (χ2n) is 8.09. The van der Waals surface area contributed by atoms with Gasteiger partial charge in [0.2, 0.25) is 0 Å². The number of nitrogens with zero attached hydrogens (tertiary/aromatic N) is 1. The number of carbonyl (C=O) groups excluding carboxylic acids is 1. The van der Waals surface area contributed by atoms with E-state index in [1.54, 1.807) is 9.92 Å². The molecule has 0 spiro atoms. The van der Waals surface area contributed by atoms with Crippen molar-refractivity contribution in [1.82, 2.24) is 4.98 Å². The Morgan fingerprint density at radius 1 is 0.914 bits per heavy atom. The van der Waals surface area contributed by atoms with Gasteiger partial charge in [0.05, 0.1) is 5.76 Å². The van der Waals surface area contributed by atoms with Gasteiger partial charge in [-0.05, 0) is 13.8 Å². The van der Waals surface area contributed by atoms with Crippen LogP contribution in [0.3, 0.4) is 0 Å². The summed E-state index contributed by atoms with van der Waals surface area (Å²) in [6, 6.07) is 30.0. The SMILES string of the molecule is CC(=O)/C=C(/C)O.[Ir].[c-]1ccc2c(c1-c1ccccn1)[Se]c1cccc3c1B2c1ccccc1[Se]3. The third-order valence-electron chi connectivity index (χ3n) is 5.60. The van der Waals surface area contributed by atoms with Crippen molar-refractivity contribution < 1.29 is 30.0 Å². The van der Waals surface area contributed by atoms with Gasteiger partial charge in [0.15, 0.2) is 5.78 Å². The number of aliphatic hydroxyl groups excluding tert-OH is 1. The number of ketones is 1. The van der Waals surface area contributed by atoms with Crippen LogP contribution in [0.5, 0.6) is 0 Å². The van der Waals surface area contributed by atoms with Crippen LogP contribution in [0, 0.1) is 6.07 Å². The summed E-state index contributed by atoms with van der Waals surface area (Å²) < 4.78 is 6.06. The molecule has 3 aromatic carbocycles. The Balaban J connectivity index is 0.000000320. The van der Waals surface area contributed by atoms with Gasteiger partial charge < -0.3 is 5.11 Å². The van der Waals surface area contributed by atoms with E-state index in [4.69, 9.17) is 5.11 Å². The van der Waals surface area contributed by atoms with E-state index in [1.165, 1.54) is 49.8 Å². The normalized spacial score (nSPS) is 12.7. The molecule has 1 N–H and O–H groups in total. The molecule has 0 bridgehead atoms. The van der Waals surface area contributed by atoms with Gasteiger partial charge in [0.25, 0.3) is 0 Å². The molecule has 0 saturated heterocycles. The maximum absolute atomic E-state index is 10.0. The predicted molar refractivity (Wildman–Crippen MR) is 143 cm³/mol. The summed E-state index contributed by atoms with van der Waals surface area (Å²) in [7, 11) is 0. The van der Waals surface area contributed by atoms with E-state index in [0.29, 0.717) is 21.7 Å². The molecule has 3 heterocycles. The minimum absolute atomic E-state index is 0. The van der Waals surface area contributed by atoms with E-state index in [2.05, 4.69) is 77.8 Å². The third kappa shape index (κ3) is 5.32. The quantitative estimate of drug-likeness (QED) is 0.118. The molecule has 0 fully saturated rings. The van der Waals surface area contributed by atoms with Crippen molar-refractivity contribution in [2.75, 3.05) is 0 Å². The molecule has 175 valence electrons. The van der Waals surface area contributed by atoms with Crippen molar-refractivity contribution in [2.45, 2.75) is 13.8 Å². The fraction of sp³-hybridized carbons (Fsp3) is 0.0714. The molecular formula is C28H21BIrNO2Se2-. The van der Waals surface area contributed by atoms with Crippen LogP contribution in [0.25, 0.3) is 11.3 Å². The molecule has 0 amide bonds. The first kappa shape index (κ1) is 25.9. The molecule has 4 aromatic rings. The number of aliphatic hydroxyl groups is 1. The average Bonchev–Trinajstić information content (AvgIpc) is 2.83. The number of hydrogen-bond acceptors (Lipinski definition) is 3. The number of benzene rings is 3. The summed E-state index contributed by atoms with van der Waals surface area (Å²) in [4.78, 5) is 14.6. The van der Waals surface area contributed by atoms with E-state index in [-0.39, 0.29) is 46.6 Å². The van der Waals surface area contributed by atoms with Crippen LogP contribution in [-0.4, -0.2) is 52.5 Å². The summed E-state index contributed by atoms with van der Waals surface area (Å²) >= 11 is 0.681. The Hall–Kier alpha value is -2.23. The van der Waals surface area contributed by atoms with Crippen LogP contribution < -0.4 is 34.2 Å². The zero-order valence-electron chi connectivity index (χ0n) is 19.1. The Labute approximate surface area is 232 Å². The van der Waals surface area contributed by atoms with Gasteiger partial charge in [0, 0.05) is 26.2 Å². The van der Waals surface area contributed by atoms with Crippen molar-refractivity contribution in [2.24, 2.45) is 0 Å². The standard InChI is InChI=1S/C23H13BNSe2.C5H8O2.Ir/c1-2-11-19-16(8-1)24-17-9-5-7-15(18-10-3-4-14-25-18)23(17)27-21-13-6-12-20(26-19)22(21)24;1-4(6)3-5(2)7;/h1-6,8-14H;3,6H,1-2H3;/q-1;;/b;4-3-;. The van der Waals surface area contributed by atoms with Crippen molar-refractivity contribution in [3.8, 4) is 11.3 Å². The summed E-state index contributed by atoms with van der Waals surface area (Å²) in [5.74, 6) is -0.0625. The second kappa shape index (κ2) is 11.2. The second-order valence-corrected chi connectivity index (χ2v) is 12.6. The van der Waals surface area contributed by atoms with E-state index in [1.807, 2.05) is 12.3 Å². The van der Waals surface area contributed by atoms with Crippen LogP contribution in [0.1, 0.15) is 13.8 Å². The van der Waals surface area contributed by atoms with E-state index >= 15 is 0 Å². The zero-order chi connectivity index (χ0) is 23.7. The summed E-state index contributed by atoms with van der Waals surface area (Å²) in [6.07, 6.45) is 3.04. The Bertz CT molecular complexity index is 1420. The number of carbonyl (C=O) groups is 1. The fourth-order valence-electron chi connectivity index (χ4n) is 4.34. The van der Waals surface area contributed by atoms with Crippen LogP contribution in [-0.2, 0) is 24.9 Å². The summed E-state index contributed by atoms with van der Waals surface area (Å²) in [6.45, 7) is 3.20. The molecule has 3 nitrogen and oxygen atoms in total. The summed E-state index contributed by atoms with van der Waals surface area (Å²) in [5.41, 5.74) is 6.74. The first-order valence-corrected chi connectivity index (χ1v) is 14.4. The number of pyridine rings is 1. The Kier molecular flexibility index (Phi) is 8.29. The van der Waals surface area contributed by atoms with Crippen molar-refractivity contribution in [3.05, 3.63) is 96.9 Å². The first-order valence-electron chi connectivity index (χ1n) is 10.9. The van der Waals surface area contributed by atoms with Crippen LogP contribution in [0.2, 0.25) is 0 Å². The van der Waals surface area contributed by atoms with Gasteiger partial charge in [-0.15, -0.1) is 0 Å². The van der Waals surface area contributed by atoms with E-state index in [9.17, 15) is 4.79 Å². The van der Waals surface area contributed by atoms with Gasteiger partial charge in [0.1, 0.15) is 0 Å². The van der Waals surface area contributed by atoms with Gasteiger partial charge in [-0.1, -0.05) is 0 Å². The summed E-state index contributed by atoms with van der Waals surface area (Å²) in [5, 5.41) is 8.36. The van der Waals surface area contributed by atoms with Gasteiger partial charge >= 0.3 is 172 Å². The number of hydrogen-bond donors (Lipinski definition) is 1. The maximum atomic E-state index is 10.0. The average molecular weight is 764 g/mol. The molecule has 0 unspecified atom stereocenters. The Morgan fingerprint density at radius 2 is 1.63 bits per heavy atom. The fourth-order valence-corrected chi connectivity index (χ4v) is 9.80. The van der Waals surface area contributed by atoms with Crippen molar-refractivity contribution in [3.63, 3.8) is 0 Å². The molecule has 2 aliphatic heterocycles. The van der Waals surface area contributed by atoms with Gasteiger partial charge in [-0.2, -0.15) is 0 Å². The molecule has 0 saturated carbocycles. The number of allylic oxidation sites excluding steroid dienone is 2. The molecule has 6 rings (SSSR count). The molecule has 1 aromatic heterocycles. The first-order chi connectivity index (χ1) is 16.5. The van der Waals surface area contributed by atoms with Gasteiger partial charge in [-0.25, -0.2) is 0 Å². The number of rotatable bonds is 2. The topological polar surface area (TPSA) is 50.2 Å². The van der Waals surface area contributed by atoms with Crippen LogP contribution >= 0.6 is 0 Å². The third-order valence-corrected chi connectivity index (χ3v) is 10.6. The molecule has 35 heavy (non-hydrogen) atoms. The molecule has 2 aliphatic rings. The van der Waals surface area contributed by atoms with Crippen LogP contribution in [0.4, 0.5) is 0 Å². The number of fused-ring (bicyclic) bond motifs is 4. The van der Waals surface area contributed by atoms with Gasteiger partial charge in [-0.3, -0.25) is 4.79 Å². The molecule has 1 radical (unpaired) electrons. The predicted octanol–water partition coefficient (Wildman–Crippen LogP) is 0.0365. The molecule has 0 aliphatic carbocycles. The van der Waals surface area contributed by atoms with Crippen molar-refractivity contribution in [1.29, 1.82) is 0 Å². The monoisotopic (exact) mass is 767 g/mol. The van der Waals surface area contributed by atoms with E-state index < -0.39 is 0 Å². The molecular weight excluding hydrogens is 743 g/mol. The Morgan fingerprint density at radius 3 is 2.31 bits per heavy atom. The zero-order valence-corrected chi connectivity index (χ0v) is 24.9.